The van der Waals surface area contributed by atoms with Crippen LogP contribution in [0.15, 0.2) is 41.0 Å². The number of carbonyl (C=O) groups is 3. The second-order valence-corrected chi connectivity index (χ2v) is 11.2. The number of nitrogens with one attached hydrogen (secondary N) is 3. The number of imidazole rings is 1. The zero-order chi connectivity index (χ0) is 30.1. The van der Waals surface area contributed by atoms with Gasteiger partial charge >= 0.3 is 0 Å². The number of H-pyrrole nitrogens is 1. The zero-order valence-corrected chi connectivity index (χ0v) is 26.0. The van der Waals surface area contributed by atoms with Crippen molar-refractivity contribution < 1.29 is 19.1 Å². The van der Waals surface area contributed by atoms with Gasteiger partial charge in [-0.2, -0.15) is 0 Å². The van der Waals surface area contributed by atoms with E-state index in [1.165, 1.54) is 32.4 Å². The first kappa shape index (κ1) is 31.9. The van der Waals surface area contributed by atoms with Crippen LogP contribution >= 0.6 is 15.9 Å². The van der Waals surface area contributed by atoms with Crippen molar-refractivity contribution in [1.29, 1.82) is 0 Å². The highest BCUT2D eigenvalue weighted by Gasteiger charge is 2.25. The number of ether oxygens (including phenoxy) is 1. The van der Waals surface area contributed by atoms with Crippen LogP contribution in [0.4, 0.5) is 17.2 Å². The number of nitrogens with two attached hydrogens (primary N) is 1. The number of anilines is 3. The summed E-state index contributed by atoms with van der Waals surface area (Å²) in [7, 11) is 1.65. The minimum Gasteiger partial charge on any atom is -0.496 e. The minimum absolute atomic E-state index is 0.0501. The number of aryl methyl sites for hydroxylation is 1. The number of carbonyl (C=O) groups excluding carboxylic acids is 3. The average Bonchev–Trinajstić information content (AvgIpc) is 3.40. The summed E-state index contributed by atoms with van der Waals surface area (Å²) in [5.74, 6) is 1.93. The summed E-state index contributed by atoms with van der Waals surface area (Å²) in [6, 6.07) is 9.23. The normalized spacial score (nSPS) is 16.2. The lowest BCUT2D eigenvalue weighted by atomic mass is 9.80. The number of nitrogens with zero attached hydrogens (tertiary/aromatic N) is 1. The fraction of sp³-hybridized carbons (Fsp3) is 0.419. The number of rotatable bonds is 8. The SMILES string of the molecule is CCC1CCC(C(=O)Nc2ccc(C)c(OC)c2)CC1.CCc1c(Br)cc(NC(=O)c2ncc(N)[nH]2)cc1C(C)=O. The van der Waals surface area contributed by atoms with Gasteiger partial charge in [0.15, 0.2) is 11.6 Å². The number of nitrogen functional groups attached to an aromatic ring is 1. The lowest BCUT2D eigenvalue weighted by molar-refractivity contribution is -0.121. The molecule has 9 nitrogen and oxygen atoms in total. The molecular formula is C31H40BrN5O4. The van der Waals surface area contributed by atoms with E-state index in [9.17, 15) is 14.4 Å². The minimum atomic E-state index is -0.419. The van der Waals surface area contributed by atoms with E-state index < -0.39 is 5.91 Å². The largest absolute Gasteiger partial charge is 0.496 e. The van der Waals surface area contributed by atoms with Gasteiger partial charge in [-0.1, -0.05) is 42.3 Å². The van der Waals surface area contributed by atoms with Crippen LogP contribution in [0.2, 0.25) is 0 Å². The molecule has 1 aromatic heterocycles. The fourth-order valence-corrected chi connectivity index (χ4v) is 5.74. The van der Waals surface area contributed by atoms with Crippen LogP contribution in [0.1, 0.15) is 85.0 Å². The maximum Gasteiger partial charge on any atom is 0.291 e. The van der Waals surface area contributed by atoms with Crippen LogP contribution in [0.5, 0.6) is 5.75 Å². The summed E-state index contributed by atoms with van der Waals surface area (Å²) in [4.78, 5) is 42.5. The molecule has 0 aliphatic heterocycles. The van der Waals surface area contributed by atoms with E-state index in [-0.39, 0.29) is 23.4 Å². The van der Waals surface area contributed by atoms with Crippen LogP contribution < -0.4 is 21.1 Å². The van der Waals surface area contributed by atoms with Gasteiger partial charge in [0.2, 0.25) is 5.91 Å². The number of amides is 2. The summed E-state index contributed by atoms with van der Waals surface area (Å²) < 4.78 is 6.07. The fourth-order valence-electron chi connectivity index (χ4n) is 5.00. The quantitative estimate of drug-likeness (QED) is 0.200. The molecule has 220 valence electrons. The van der Waals surface area contributed by atoms with Gasteiger partial charge in [-0.25, -0.2) is 4.98 Å². The number of hydrogen-bond acceptors (Lipinski definition) is 6. The third-order valence-corrected chi connectivity index (χ3v) is 8.17. The van der Waals surface area contributed by atoms with Crippen LogP contribution in [0.3, 0.4) is 0 Å². The Morgan fingerprint density at radius 2 is 1.78 bits per heavy atom. The van der Waals surface area contributed by atoms with Crippen molar-refractivity contribution in [1.82, 2.24) is 9.97 Å². The Bertz CT molecular complexity index is 1380. The summed E-state index contributed by atoms with van der Waals surface area (Å²) in [5, 5.41) is 5.72. The number of halogens is 1. The van der Waals surface area contributed by atoms with Crippen LogP contribution in [-0.2, 0) is 11.2 Å². The molecule has 2 aromatic carbocycles. The molecule has 2 amide bonds. The average molecular weight is 627 g/mol. The molecule has 10 heteroatoms. The van der Waals surface area contributed by atoms with Crippen molar-refractivity contribution >= 4 is 50.7 Å². The lowest BCUT2D eigenvalue weighted by Gasteiger charge is -2.27. The topological polar surface area (TPSA) is 139 Å². The molecule has 0 radical (unpaired) electrons. The number of Topliss-reactive ketones (excluding diaryl/α,β-unsaturated/α-hetero) is 1. The first-order chi connectivity index (χ1) is 19.6. The van der Waals surface area contributed by atoms with Crippen LogP contribution in [0.25, 0.3) is 0 Å². The molecule has 1 aliphatic rings. The summed E-state index contributed by atoms with van der Waals surface area (Å²) >= 11 is 3.43. The number of benzene rings is 2. The van der Waals surface area contributed by atoms with Crippen molar-refractivity contribution in [2.75, 3.05) is 23.5 Å². The molecule has 0 unspecified atom stereocenters. The van der Waals surface area contributed by atoms with E-state index in [0.29, 0.717) is 17.1 Å². The molecule has 41 heavy (non-hydrogen) atoms. The van der Waals surface area contributed by atoms with Crippen molar-refractivity contribution in [2.45, 2.75) is 66.2 Å². The van der Waals surface area contributed by atoms with Crippen molar-refractivity contribution in [2.24, 2.45) is 11.8 Å². The van der Waals surface area contributed by atoms with Gasteiger partial charge in [-0.15, -0.1) is 0 Å². The van der Waals surface area contributed by atoms with Crippen molar-refractivity contribution in [3.8, 4) is 5.75 Å². The van der Waals surface area contributed by atoms with Gasteiger partial charge in [0.1, 0.15) is 11.6 Å². The Labute approximate surface area is 250 Å². The molecule has 0 atom stereocenters. The predicted octanol–water partition coefficient (Wildman–Crippen LogP) is 6.93. The van der Waals surface area contributed by atoms with E-state index >= 15 is 0 Å². The Morgan fingerprint density at radius 1 is 1.07 bits per heavy atom. The molecule has 0 bridgehead atoms. The first-order valence-corrected chi connectivity index (χ1v) is 14.8. The van der Waals surface area contributed by atoms with Gasteiger partial charge in [0.05, 0.1) is 13.3 Å². The molecule has 0 saturated heterocycles. The molecule has 0 spiro atoms. The molecule has 1 aliphatic carbocycles. The van der Waals surface area contributed by atoms with Gasteiger partial charge in [-0.05, 0) is 81.2 Å². The molecule has 4 rings (SSSR count). The Kier molecular flexibility index (Phi) is 11.5. The van der Waals surface area contributed by atoms with E-state index in [4.69, 9.17) is 10.5 Å². The summed E-state index contributed by atoms with van der Waals surface area (Å²) in [6.45, 7) is 7.70. The third kappa shape index (κ3) is 8.66. The number of hydrogen-bond donors (Lipinski definition) is 4. The van der Waals surface area contributed by atoms with Crippen molar-refractivity contribution in [3.05, 3.63) is 63.5 Å². The van der Waals surface area contributed by atoms with E-state index in [0.717, 1.165) is 52.2 Å². The van der Waals surface area contributed by atoms with Crippen molar-refractivity contribution in [3.63, 3.8) is 0 Å². The molecule has 1 heterocycles. The highest BCUT2D eigenvalue weighted by Crippen LogP contribution is 2.32. The number of aromatic nitrogens is 2. The van der Waals surface area contributed by atoms with Crippen LogP contribution in [0, 0.1) is 18.8 Å². The molecule has 1 fully saturated rings. The maximum atomic E-state index is 12.3. The van der Waals surface area contributed by atoms with E-state index in [1.54, 1.807) is 19.2 Å². The van der Waals surface area contributed by atoms with E-state index in [2.05, 4.69) is 43.5 Å². The number of methoxy groups -OCH3 is 1. The highest BCUT2D eigenvalue weighted by molar-refractivity contribution is 9.10. The second kappa shape index (κ2) is 14.8. The smallest absolute Gasteiger partial charge is 0.291 e. The highest BCUT2D eigenvalue weighted by atomic mass is 79.9. The van der Waals surface area contributed by atoms with Gasteiger partial charge in [0.25, 0.3) is 5.91 Å². The van der Waals surface area contributed by atoms with Gasteiger partial charge in [0, 0.05) is 33.4 Å². The monoisotopic (exact) mass is 625 g/mol. The number of ketones is 1. The Hall–Kier alpha value is -3.66. The van der Waals surface area contributed by atoms with E-state index in [1.807, 2.05) is 32.0 Å². The lowest BCUT2D eigenvalue weighted by Crippen LogP contribution is -2.27. The molecular weight excluding hydrogens is 586 g/mol. The third-order valence-electron chi connectivity index (χ3n) is 7.47. The maximum absolute atomic E-state index is 12.3. The standard InChI is InChI=1S/C17H25NO2.C14H15BrN4O2/c1-4-13-6-8-14(9-7-13)17(19)18-15-10-5-12(2)16(11-15)20-3;1-3-9-10(7(2)20)4-8(5-11(9)15)18-14(21)13-17-6-12(16)19-13/h5,10-11,13-14H,4,6-9H2,1-3H3,(H,18,19);4-6H,3,16H2,1-2H3,(H,17,19)(H,18,21). The second-order valence-electron chi connectivity index (χ2n) is 10.3. The molecule has 1 saturated carbocycles. The van der Waals surface area contributed by atoms with Crippen LogP contribution in [-0.4, -0.2) is 34.7 Å². The Balaban J connectivity index is 0.000000226. The Morgan fingerprint density at radius 3 is 2.34 bits per heavy atom. The van der Waals surface area contributed by atoms with Gasteiger partial charge in [-0.3, -0.25) is 14.4 Å². The zero-order valence-electron chi connectivity index (χ0n) is 24.4. The predicted molar refractivity (Wildman–Crippen MR) is 167 cm³/mol. The molecule has 5 N–H and O–H groups in total. The summed E-state index contributed by atoms with van der Waals surface area (Å²) in [5.41, 5.74) is 9.41. The summed E-state index contributed by atoms with van der Waals surface area (Å²) in [6.07, 6.45) is 7.74. The first-order valence-electron chi connectivity index (χ1n) is 14.0. The van der Waals surface area contributed by atoms with Gasteiger partial charge < -0.3 is 26.1 Å². The number of aromatic amines is 1. The molecule has 3 aromatic rings.